The lowest BCUT2D eigenvalue weighted by atomic mass is 10.0. The van der Waals surface area contributed by atoms with E-state index in [1.54, 1.807) is 4.90 Å². The monoisotopic (exact) mass is 364 g/mol. The lowest BCUT2D eigenvalue weighted by Crippen LogP contribution is -2.49. The quantitative estimate of drug-likeness (QED) is 0.857. The largest absolute Gasteiger partial charge is 0.376 e. The number of carbonyl (C=O) groups is 2. The summed E-state index contributed by atoms with van der Waals surface area (Å²) in [6.07, 6.45) is 2.58. The number of ether oxygens (including phenoxy) is 1. The van der Waals surface area contributed by atoms with Crippen molar-refractivity contribution in [3.8, 4) is 0 Å². The average molecular weight is 364 g/mol. The van der Waals surface area contributed by atoms with Gasteiger partial charge in [0.15, 0.2) is 0 Å². The Balaban J connectivity index is 1.52. The van der Waals surface area contributed by atoms with Crippen molar-refractivity contribution in [2.24, 2.45) is 0 Å². The lowest BCUT2D eigenvalue weighted by Gasteiger charge is -2.27. The van der Waals surface area contributed by atoms with Crippen molar-refractivity contribution < 1.29 is 14.3 Å². The van der Waals surface area contributed by atoms with E-state index >= 15 is 0 Å². The van der Waals surface area contributed by atoms with Crippen molar-refractivity contribution in [2.75, 3.05) is 13.2 Å². The highest BCUT2D eigenvalue weighted by atomic mass is 16.5. The molecule has 0 bridgehead atoms. The van der Waals surface area contributed by atoms with Crippen LogP contribution >= 0.6 is 0 Å². The van der Waals surface area contributed by atoms with Gasteiger partial charge in [0.05, 0.1) is 6.10 Å². The third-order valence-corrected chi connectivity index (χ3v) is 5.33. The van der Waals surface area contributed by atoms with Crippen molar-refractivity contribution in [1.29, 1.82) is 0 Å². The van der Waals surface area contributed by atoms with Crippen LogP contribution in [0.15, 0.2) is 54.6 Å². The van der Waals surface area contributed by atoms with Crippen molar-refractivity contribution in [1.82, 2.24) is 10.2 Å². The van der Waals surface area contributed by atoms with Gasteiger partial charge in [0.25, 0.3) is 5.91 Å². The second-order valence-electron chi connectivity index (χ2n) is 7.18. The van der Waals surface area contributed by atoms with E-state index in [2.05, 4.69) is 5.32 Å². The van der Waals surface area contributed by atoms with Gasteiger partial charge in [-0.1, -0.05) is 48.5 Å². The molecule has 0 radical (unpaired) electrons. The van der Waals surface area contributed by atoms with Gasteiger partial charge in [-0.2, -0.15) is 0 Å². The summed E-state index contributed by atoms with van der Waals surface area (Å²) in [6, 6.07) is 16.9. The molecule has 1 saturated heterocycles. The summed E-state index contributed by atoms with van der Waals surface area (Å²) >= 11 is 0. The van der Waals surface area contributed by atoms with Crippen molar-refractivity contribution in [3.05, 3.63) is 71.3 Å². The predicted molar refractivity (Wildman–Crippen MR) is 102 cm³/mol. The number of rotatable bonds is 6. The molecule has 0 aromatic heterocycles. The molecule has 1 N–H and O–H groups in total. The number of carbonyl (C=O) groups excluding carboxylic acids is 2. The van der Waals surface area contributed by atoms with Gasteiger partial charge in [-0.05, 0) is 30.0 Å². The van der Waals surface area contributed by atoms with Crippen LogP contribution in [-0.2, 0) is 22.5 Å². The van der Waals surface area contributed by atoms with Crippen LogP contribution in [0.5, 0.6) is 0 Å². The molecule has 4 rings (SSSR count). The van der Waals surface area contributed by atoms with E-state index in [4.69, 9.17) is 4.74 Å². The van der Waals surface area contributed by atoms with Crippen LogP contribution in [0, 0.1) is 0 Å². The second kappa shape index (κ2) is 7.92. The van der Waals surface area contributed by atoms with E-state index in [0.29, 0.717) is 25.1 Å². The summed E-state index contributed by atoms with van der Waals surface area (Å²) in [6.45, 7) is 1.73. The van der Waals surface area contributed by atoms with Crippen LogP contribution < -0.4 is 5.32 Å². The Bertz CT molecular complexity index is 815. The van der Waals surface area contributed by atoms with Gasteiger partial charge >= 0.3 is 0 Å². The third kappa shape index (κ3) is 3.88. The van der Waals surface area contributed by atoms with E-state index < -0.39 is 6.04 Å². The molecular weight excluding hydrogens is 340 g/mol. The highest BCUT2D eigenvalue weighted by Gasteiger charge is 2.36. The first-order valence-electron chi connectivity index (χ1n) is 9.54. The molecule has 2 aromatic rings. The lowest BCUT2D eigenvalue weighted by molar-refractivity contribution is -0.126. The van der Waals surface area contributed by atoms with Gasteiger partial charge in [0.2, 0.25) is 5.91 Å². The Hall–Kier alpha value is -2.66. The molecule has 2 aliphatic heterocycles. The van der Waals surface area contributed by atoms with Crippen LogP contribution in [-0.4, -0.2) is 42.0 Å². The van der Waals surface area contributed by atoms with E-state index in [0.717, 1.165) is 30.6 Å². The maximum atomic E-state index is 13.0. The first-order valence-corrected chi connectivity index (χ1v) is 9.54. The minimum Gasteiger partial charge on any atom is -0.376 e. The zero-order chi connectivity index (χ0) is 18.6. The van der Waals surface area contributed by atoms with Crippen LogP contribution in [0.3, 0.4) is 0 Å². The number of amides is 2. The first kappa shape index (κ1) is 17.7. The number of nitrogens with one attached hydrogen (secondary N) is 1. The summed E-state index contributed by atoms with van der Waals surface area (Å²) in [5.41, 5.74) is 2.72. The van der Waals surface area contributed by atoms with Gasteiger partial charge in [-0.15, -0.1) is 0 Å². The van der Waals surface area contributed by atoms with Gasteiger partial charge < -0.3 is 15.0 Å². The smallest absolute Gasteiger partial charge is 0.255 e. The predicted octanol–water partition coefficient (Wildman–Crippen LogP) is 2.55. The molecule has 0 spiro atoms. The van der Waals surface area contributed by atoms with Gasteiger partial charge in [-0.3, -0.25) is 9.59 Å². The number of benzene rings is 2. The highest BCUT2D eigenvalue weighted by molar-refractivity contribution is 6.01. The molecule has 1 fully saturated rings. The van der Waals surface area contributed by atoms with Crippen LogP contribution in [0.2, 0.25) is 0 Å². The molecule has 2 aromatic carbocycles. The summed E-state index contributed by atoms with van der Waals surface area (Å²) in [4.78, 5) is 27.6. The molecular formula is C22H24N2O3. The maximum absolute atomic E-state index is 13.0. The molecule has 0 aliphatic carbocycles. The number of nitrogens with zero attached hydrogens (tertiary/aromatic N) is 1. The number of hydrogen-bond donors (Lipinski definition) is 1. The molecule has 2 amide bonds. The Morgan fingerprint density at radius 2 is 1.93 bits per heavy atom. The number of fused-ring (bicyclic) bond motifs is 1. The first-order chi connectivity index (χ1) is 13.2. The zero-order valence-electron chi connectivity index (χ0n) is 15.3. The van der Waals surface area contributed by atoms with Crippen molar-refractivity contribution in [2.45, 2.75) is 38.0 Å². The Morgan fingerprint density at radius 1 is 1.15 bits per heavy atom. The standard InChI is InChI=1S/C22H24N2O3/c25-21(23-14-18-10-6-12-27-18)20(13-16-7-2-1-3-8-16)24-15-17-9-4-5-11-19(17)22(24)26/h1-5,7-9,11,18,20H,6,10,12-15H2,(H,23,25)/t18-,20+/m0/s1. The molecule has 5 nitrogen and oxygen atoms in total. The van der Waals surface area contributed by atoms with Crippen LogP contribution in [0.4, 0.5) is 0 Å². The summed E-state index contributed by atoms with van der Waals surface area (Å²) in [5, 5.41) is 3.01. The summed E-state index contributed by atoms with van der Waals surface area (Å²) in [5.74, 6) is -0.186. The summed E-state index contributed by atoms with van der Waals surface area (Å²) < 4.78 is 5.60. The number of hydrogen-bond acceptors (Lipinski definition) is 3. The maximum Gasteiger partial charge on any atom is 0.255 e. The van der Waals surface area contributed by atoms with Crippen molar-refractivity contribution >= 4 is 11.8 Å². The molecule has 5 heteroatoms. The molecule has 2 atom stereocenters. The van der Waals surface area contributed by atoms with Gasteiger partial charge in [0, 0.05) is 31.7 Å². The molecule has 27 heavy (non-hydrogen) atoms. The minimum absolute atomic E-state index is 0.0706. The molecule has 140 valence electrons. The van der Waals surface area contributed by atoms with E-state index in [1.165, 1.54) is 0 Å². The fraction of sp³-hybridized carbons (Fsp3) is 0.364. The normalized spacial score (nSPS) is 19.8. The molecule has 2 aliphatic rings. The highest BCUT2D eigenvalue weighted by Crippen LogP contribution is 2.26. The Morgan fingerprint density at radius 3 is 2.67 bits per heavy atom. The van der Waals surface area contributed by atoms with Gasteiger partial charge in [0.1, 0.15) is 6.04 Å². The van der Waals surface area contributed by atoms with E-state index in [1.807, 2.05) is 54.6 Å². The molecule has 0 unspecified atom stereocenters. The fourth-order valence-electron chi connectivity index (χ4n) is 3.85. The topological polar surface area (TPSA) is 58.6 Å². The average Bonchev–Trinajstić information content (AvgIpc) is 3.33. The van der Waals surface area contributed by atoms with E-state index in [9.17, 15) is 9.59 Å². The Kier molecular flexibility index (Phi) is 5.21. The summed E-state index contributed by atoms with van der Waals surface area (Å²) in [7, 11) is 0. The van der Waals surface area contributed by atoms with Crippen molar-refractivity contribution in [3.63, 3.8) is 0 Å². The Labute approximate surface area is 159 Å². The minimum atomic E-state index is -0.534. The van der Waals surface area contributed by atoms with E-state index in [-0.39, 0.29) is 17.9 Å². The fourth-order valence-corrected chi connectivity index (χ4v) is 3.85. The zero-order valence-corrected chi connectivity index (χ0v) is 15.3. The van der Waals surface area contributed by atoms with Crippen LogP contribution in [0.25, 0.3) is 0 Å². The molecule has 2 heterocycles. The SMILES string of the molecule is O=C(NC[C@@H]1CCCO1)[C@@H](Cc1ccccc1)N1Cc2ccccc2C1=O. The van der Waals surface area contributed by atoms with Gasteiger partial charge in [-0.25, -0.2) is 0 Å². The molecule has 0 saturated carbocycles. The van der Waals surface area contributed by atoms with Crippen LogP contribution in [0.1, 0.15) is 34.3 Å². The third-order valence-electron chi connectivity index (χ3n) is 5.33. The second-order valence-corrected chi connectivity index (χ2v) is 7.18.